The number of rotatable bonds is 2. The van der Waals surface area contributed by atoms with Crippen molar-refractivity contribution in [3.05, 3.63) is 95.1 Å². The Hall–Kier alpha value is -3.00. The molecule has 2 aromatic rings. The summed E-state index contributed by atoms with van der Waals surface area (Å²) in [6.07, 6.45) is 7.98. The van der Waals surface area contributed by atoms with E-state index in [2.05, 4.69) is 6.07 Å². The molecule has 2 aromatic carbocycles. The number of carbonyl (C=O) groups is 2. The normalized spacial score (nSPS) is 14.0. The monoisotopic (exact) mass is 314 g/mol. The number of allylic oxidation sites excluding steroid dienone is 5. The molecule has 0 N–H and O–H groups in total. The molecule has 0 radical (unpaired) electrons. The maximum Gasteiger partial charge on any atom is 0.186 e. The van der Waals surface area contributed by atoms with E-state index in [9.17, 15) is 9.59 Å². The number of ketones is 2. The summed E-state index contributed by atoms with van der Waals surface area (Å²) >= 11 is 0. The average Bonchev–Trinajstić information content (AvgIpc) is 3.03. The van der Waals surface area contributed by atoms with Gasteiger partial charge in [-0.15, -0.1) is 0 Å². The van der Waals surface area contributed by atoms with Crippen molar-refractivity contribution >= 4 is 23.2 Å². The lowest BCUT2D eigenvalue weighted by Gasteiger charge is -2.06. The Bertz CT molecular complexity index is 868. The molecule has 118 valence electrons. The minimum Gasteiger partial charge on any atom is -0.294 e. The van der Waals surface area contributed by atoms with Crippen molar-refractivity contribution in [2.45, 2.75) is 13.3 Å². The summed E-state index contributed by atoms with van der Waals surface area (Å²) in [7, 11) is 0. The molecule has 0 aromatic heterocycles. The van der Waals surface area contributed by atoms with E-state index < -0.39 is 0 Å². The first-order valence-electron chi connectivity index (χ1n) is 8.03. The molecular weight excluding hydrogens is 296 g/mol. The van der Waals surface area contributed by atoms with Gasteiger partial charge in [-0.3, -0.25) is 9.59 Å². The third-order valence-electron chi connectivity index (χ3n) is 4.03. The number of benzene rings is 2. The van der Waals surface area contributed by atoms with Crippen molar-refractivity contribution in [2.75, 3.05) is 0 Å². The first-order chi connectivity index (χ1) is 11.7. The number of carbonyl (C=O) groups excluding carboxylic acids is 2. The Labute approximate surface area is 141 Å². The second-order valence-corrected chi connectivity index (χ2v) is 5.59. The van der Waals surface area contributed by atoms with Crippen LogP contribution in [0.15, 0.2) is 78.4 Å². The van der Waals surface area contributed by atoms with Crippen LogP contribution in [0.3, 0.4) is 0 Å². The van der Waals surface area contributed by atoms with Crippen LogP contribution in [-0.4, -0.2) is 11.6 Å². The predicted octanol–water partition coefficient (Wildman–Crippen LogP) is 4.89. The van der Waals surface area contributed by atoms with Crippen LogP contribution in [0.5, 0.6) is 0 Å². The van der Waals surface area contributed by atoms with Crippen molar-refractivity contribution in [3.8, 4) is 0 Å². The Morgan fingerprint density at radius 3 is 2.38 bits per heavy atom. The maximum atomic E-state index is 11.5. The summed E-state index contributed by atoms with van der Waals surface area (Å²) in [6, 6.07) is 17.4. The van der Waals surface area contributed by atoms with E-state index in [4.69, 9.17) is 0 Å². The number of hydrogen-bond donors (Lipinski definition) is 0. The second kappa shape index (κ2) is 7.05. The highest BCUT2D eigenvalue weighted by Crippen LogP contribution is 2.37. The van der Waals surface area contributed by atoms with Crippen molar-refractivity contribution in [2.24, 2.45) is 0 Å². The SMILES string of the molecule is CCC(=O)c1ccccc1.O=C1C=CC=C2C1=Cc1ccccc12. The maximum absolute atomic E-state index is 11.5. The minimum atomic E-state index is 0.110. The largest absolute Gasteiger partial charge is 0.294 e. The minimum absolute atomic E-state index is 0.110. The summed E-state index contributed by atoms with van der Waals surface area (Å²) in [5.74, 6) is 0.319. The fraction of sp³-hybridized carbons (Fsp3) is 0.0909. The van der Waals surface area contributed by atoms with Gasteiger partial charge in [0.1, 0.15) is 0 Å². The Balaban J connectivity index is 0.000000150. The van der Waals surface area contributed by atoms with E-state index in [-0.39, 0.29) is 11.6 Å². The van der Waals surface area contributed by atoms with Crippen molar-refractivity contribution < 1.29 is 9.59 Å². The lowest BCUT2D eigenvalue weighted by atomic mass is 9.96. The summed E-state index contributed by atoms with van der Waals surface area (Å²) in [5.41, 5.74) is 5.01. The smallest absolute Gasteiger partial charge is 0.186 e. The van der Waals surface area contributed by atoms with E-state index in [1.807, 2.05) is 73.7 Å². The molecular formula is C22H18O2. The lowest BCUT2D eigenvalue weighted by Crippen LogP contribution is -2.00. The van der Waals surface area contributed by atoms with Gasteiger partial charge in [-0.1, -0.05) is 73.7 Å². The van der Waals surface area contributed by atoms with Gasteiger partial charge in [0.2, 0.25) is 0 Å². The van der Waals surface area contributed by atoms with Crippen LogP contribution >= 0.6 is 0 Å². The van der Waals surface area contributed by atoms with Crippen LogP contribution in [0.1, 0.15) is 34.8 Å². The van der Waals surface area contributed by atoms with Gasteiger partial charge in [0, 0.05) is 17.6 Å². The zero-order valence-electron chi connectivity index (χ0n) is 13.5. The summed E-state index contributed by atoms with van der Waals surface area (Å²) in [5, 5.41) is 0. The van der Waals surface area contributed by atoms with Crippen LogP contribution in [-0.2, 0) is 4.79 Å². The Morgan fingerprint density at radius 1 is 0.917 bits per heavy atom. The summed E-state index contributed by atoms with van der Waals surface area (Å²) in [4.78, 5) is 22.6. The average molecular weight is 314 g/mol. The number of fused-ring (bicyclic) bond motifs is 3. The molecule has 24 heavy (non-hydrogen) atoms. The summed E-state index contributed by atoms with van der Waals surface area (Å²) < 4.78 is 0. The van der Waals surface area contributed by atoms with Gasteiger partial charge in [-0.05, 0) is 28.9 Å². The Kier molecular flexibility index (Phi) is 4.66. The zero-order valence-corrected chi connectivity index (χ0v) is 13.5. The number of Topliss-reactive ketones (excluding diaryl/α,β-unsaturated/α-hetero) is 1. The molecule has 4 rings (SSSR count). The van der Waals surface area contributed by atoms with Crippen molar-refractivity contribution in [1.82, 2.24) is 0 Å². The van der Waals surface area contributed by atoms with E-state index in [0.717, 1.165) is 22.3 Å². The quantitative estimate of drug-likeness (QED) is 0.740. The highest BCUT2D eigenvalue weighted by Gasteiger charge is 2.23. The molecule has 0 saturated carbocycles. The van der Waals surface area contributed by atoms with Crippen LogP contribution in [0.4, 0.5) is 0 Å². The molecule has 0 bridgehead atoms. The van der Waals surface area contributed by atoms with Crippen LogP contribution in [0.2, 0.25) is 0 Å². The predicted molar refractivity (Wildman–Crippen MR) is 97.6 cm³/mol. The molecule has 0 fully saturated rings. The standard InChI is InChI=1S/C13H8O.C9H10O/c14-13-7-3-6-11-10-5-2-1-4-9(10)8-12(11)13;1-2-9(10)8-6-4-3-5-7-8/h1-8H;3-7H,2H2,1H3. The van der Waals surface area contributed by atoms with Gasteiger partial charge in [0.05, 0.1) is 0 Å². The van der Waals surface area contributed by atoms with Gasteiger partial charge in [-0.2, -0.15) is 0 Å². The van der Waals surface area contributed by atoms with Gasteiger partial charge in [-0.25, -0.2) is 0 Å². The lowest BCUT2D eigenvalue weighted by molar-refractivity contribution is -0.110. The van der Waals surface area contributed by atoms with E-state index in [1.165, 1.54) is 5.56 Å². The van der Waals surface area contributed by atoms with Gasteiger partial charge in [0.25, 0.3) is 0 Å². The number of hydrogen-bond acceptors (Lipinski definition) is 2. The molecule has 2 aliphatic rings. The topological polar surface area (TPSA) is 34.1 Å². The molecule has 0 unspecified atom stereocenters. The molecule has 0 heterocycles. The van der Waals surface area contributed by atoms with Gasteiger partial charge < -0.3 is 0 Å². The molecule has 0 saturated heterocycles. The van der Waals surface area contributed by atoms with E-state index in [0.29, 0.717) is 6.42 Å². The Morgan fingerprint density at radius 2 is 1.62 bits per heavy atom. The third-order valence-corrected chi connectivity index (χ3v) is 4.03. The molecule has 0 aliphatic heterocycles. The van der Waals surface area contributed by atoms with Crippen LogP contribution in [0.25, 0.3) is 11.6 Å². The fourth-order valence-electron chi connectivity index (χ4n) is 2.78. The first-order valence-corrected chi connectivity index (χ1v) is 8.03. The molecule has 0 amide bonds. The van der Waals surface area contributed by atoms with Crippen LogP contribution in [0, 0.1) is 0 Å². The molecule has 2 aliphatic carbocycles. The molecule has 2 nitrogen and oxygen atoms in total. The van der Waals surface area contributed by atoms with Gasteiger partial charge in [0.15, 0.2) is 11.6 Å². The van der Waals surface area contributed by atoms with Crippen LogP contribution < -0.4 is 0 Å². The summed E-state index contributed by atoms with van der Waals surface area (Å²) in [6.45, 7) is 1.87. The van der Waals surface area contributed by atoms with Gasteiger partial charge >= 0.3 is 0 Å². The van der Waals surface area contributed by atoms with Crippen molar-refractivity contribution in [3.63, 3.8) is 0 Å². The third kappa shape index (κ3) is 3.18. The molecule has 2 heteroatoms. The molecule has 0 spiro atoms. The highest BCUT2D eigenvalue weighted by molar-refractivity contribution is 6.23. The van der Waals surface area contributed by atoms with Crippen molar-refractivity contribution in [1.29, 1.82) is 0 Å². The molecule has 0 atom stereocenters. The highest BCUT2D eigenvalue weighted by atomic mass is 16.1. The van der Waals surface area contributed by atoms with E-state index in [1.54, 1.807) is 6.08 Å². The zero-order chi connectivity index (χ0) is 16.9. The fourth-order valence-corrected chi connectivity index (χ4v) is 2.78. The first kappa shape index (κ1) is 15.9. The second-order valence-electron chi connectivity index (χ2n) is 5.59. The van der Waals surface area contributed by atoms with E-state index >= 15 is 0 Å².